The van der Waals surface area contributed by atoms with Gasteiger partial charge in [-0.25, -0.2) is 9.59 Å². The predicted octanol–water partition coefficient (Wildman–Crippen LogP) is 25.8. The molecule has 0 aromatic heterocycles. The van der Waals surface area contributed by atoms with Crippen LogP contribution in [-0.2, 0) is 0 Å². The number of hydrogen-bond donors (Lipinski definition) is 0. The maximum atomic E-state index is 14.0. The molecule has 10 nitrogen and oxygen atoms in total. The van der Waals surface area contributed by atoms with E-state index in [9.17, 15) is 9.59 Å². The molecule has 0 bridgehead atoms. The minimum Gasteiger partial charge on any atom is -0.494 e. The van der Waals surface area contributed by atoms with Gasteiger partial charge in [0.1, 0.15) is 34.4 Å². The van der Waals surface area contributed by atoms with Crippen molar-refractivity contribution >= 4 is 39.5 Å². The second kappa shape index (κ2) is 42.8. The predicted molar refractivity (Wildman–Crippen MR) is 399 cm³/mol. The zero-order valence-corrected chi connectivity index (χ0v) is 61.6. The van der Waals surface area contributed by atoms with Crippen LogP contribution in [0.25, 0.3) is 22.3 Å². The number of rotatable bonds is 48. The van der Waals surface area contributed by atoms with Crippen LogP contribution in [0, 0.1) is 0 Å². The van der Waals surface area contributed by atoms with Crippen LogP contribution in [0.5, 0.6) is 34.5 Å². The quantitative estimate of drug-likeness (QED) is 0.0122. The number of benzene rings is 6. The Hall–Kier alpha value is -6.51. The molecule has 0 saturated carbocycles. The third kappa shape index (κ3) is 30.9. The third-order valence-electron chi connectivity index (χ3n) is 17.4. The average molecular weight is 1320 g/mol. The zero-order valence-electron chi connectivity index (χ0n) is 59.6. The van der Waals surface area contributed by atoms with E-state index in [1.165, 1.54) is 128 Å². The van der Waals surface area contributed by atoms with Gasteiger partial charge in [-0.3, -0.25) is 0 Å². The lowest BCUT2D eigenvalue weighted by molar-refractivity contribution is 0.0725. The molecule has 0 aliphatic heterocycles. The van der Waals surface area contributed by atoms with Crippen LogP contribution in [0.4, 0.5) is 11.4 Å². The van der Waals surface area contributed by atoms with Crippen LogP contribution in [0.3, 0.4) is 0 Å². The number of unbranched alkanes of at least 4 members (excludes halogenated alkanes) is 22. The average Bonchev–Trinajstić information content (AvgIpc) is 0.861. The van der Waals surface area contributed by atoms with E-state index >= 15 is 0 Å². The van der Waals surface area contributed by atoms with E-state index in [4.69, 9.17) is 38.6 Å². The van der Waals surface area contributed by atoms with Gasteiger partial charge in [-0.05, 0) is 147 Å². The van der Waals surface area contributed by atoms with Crippen molar-refractivity contribution in [1.82, 2.24) is 0 Å². The molecule has 2 atom stereocenters. The van der Waals surface area contributed by atoms with Crippen molar-refractivity contribution in [2.45, 2.75) is 271 Å². The molecule has 0 N–H and O–H groups in total. The summed E-state index contributed by atoms with van der Waals surface area (Å²) in [4.78, 5) is 28.0. The summed E-state index contributed by atoms with van der Waals surface area (Å²) in [6, 6.07) is 44.4. The monoisotopic (exact) mass is 1310 g/mol. The maximum Gasteiger partial charge on any atom is 0.343 e. The van der Waals surface area contributed by atoms with Gasteiger partial charge in [0.05, 0.1) is 36.5 Å². The molecule has 0 unspecified atom stereocenters. The van der Waals surface area contributed by atoms with E-state index in [-0.39, 0.29) is 35.1 Å². The summed E-state index contributed by atoms with van der Waals surface area (Å²) in [6.07, 6.45) is 34.2. The molecule has 0 amide bonds. The van der Waals surface area contributed by atoms with E-state index in [1.807, 2.05) is 48.5 Å². The lowest BCUT2D eigenvalue weighted by Crippen LogP contribution is -2.18. The van der Waals surface area contributed by atoms with Gasteiger partial charge < -0.3 is 28.4 Å². The fraction of sp³-hybridized carbons (Fsp3) is 0.537. The number of azo groups is 1. The first-order valence-electron chi connectivity index (χ1n) is 36.6. The van der Waals surface area contributed by atoms with Crippen LogP contribution >= 0.6 is 0 Å². The zero-order chi connectivity index (χ0) is 67.2. The first-order chi connectivity index (χ1) is 45.4. The molecular weight excluding hydrogens is 1200 g/mol. The molecule has 6 aromatic rings. The Kier molecular flexibility index (Phi) is 34.9. The summed E-state index contributed by atoms with van der Waals surface area (Å²) < 4.78 is 37.4. The number of hydrogen-bond acceptors (Lipinski definition) is 10. The number of carbonyl (C=O) groups excluding carboxylic acids is 2. The largest absolute Gasteiger partial charge is 0.494 e. The lowest BCUT2D eigenvalue weighted by atomic mass is 10.0. The Bertz CT molecular complexity index is 2890. The molecule has 0 radical (unpaired) electrons. The molecule has 0 aliphatic carbocycles. The van der Waals surface area contributed by atoms with Crippen molar-refractivity contribution in [1.29, 1.82) is 0 Å². The Balaban J connectivity index is 1.09. The van der Waals surface area contributed by atoms with Crippen LogP contribution in [0.1, 0.15) is 228 Å². The molecule has 0 saturated heterocycles. The third-order valence-corrected chi connectivity index (χ3v) is 21.1. The normalized spacial score (nSPS) is 12.4. The fourth-order valence-corrected chi connectivity index (χ4v) is 14.3. The second-order valence-electron chi connectivity index (χ2n) is 28.7. The molecule has 6 aromatic carbocycles. The van der Waals surface area contributed by atoms with E-state index in [2.05, 4.69) is 91.2 Å². The highest BCUT2D eigenvalue weighted by Crippen LogP contribution is 2.39. The van der Waals surface area contributed by atoms with Crippen molar-refractivity contribution in [3.63, 3.8) is 0 Å². The highest BCUT2D eigenvalue weighted by molar-refractivity contribution is 6.76. The van der Waals surface area contributed by atoms with E-state index in [0.717, 1.165) is 98.0 Å². The Labute approximate surface area is 570 Å². The SMILES string of the molecule is CCCCCC[C@H](C)Oc1ccc(OC(=O)c2ccc(-c3ccc(OCCCCCCCCCCC[Si](C)(C)C)cc3)cc2)c(N=Nc2cc(O[C@@H](C)CCCCCC)ccc2OC(=O)c2ccc(-c3ccc(OCCCCCCCCCCC[Si](C)(C)C)cc3)cc2)c1. The number of nitrogens with zero attached hydrogens (tertiary/aromatic N) is 2. The number of esters is 2. The fourth-order valence-electron chi connectivity index (χ4n) is 11.6. The molecule has 12 heteroatoms. The van der Waals surface area contributed by atoms with Gasteiger partial charge in [-0.2, -0.15) is 0 Å². The summed E-state index contributed by atoms with van der Waals surface area (Å²) in [5.41, 5.74) is 5.23. The molecule has 6 rings (SSSR count). The highest BCUT2D eigenvalue weighted by Gasteiger charge is 2.19. The maximum absolute atomic E-state index is 14.0. The van der Waals surface area contributed by atoms with E-state index < -0.39 is 28.1 Å². The minimum absolute atomic E-state index is 0.0627. The Morgan fingerprint density at radius 1 is 0.351 bits per heavy atom. The first-order valence-corrected chi connectivity index (χ1v) is 44.0. The van der Waals surface area contributed by atoms with Gasteiger partial charge in [-0.15, -0.1) is 10.2 Å². The molecule has 0 aliphatic rings. The van der Waals surface area contributed by atoms with Crippen molar-refractivity contribution in [3.8, 4) is 56.8 Å². The summed E-state index contributed by atoms with van der Waals surface area (Å²) >= 11 is 0. The van der Waals surface area contributed by atoms with Crippen LogP contribution in [0.2, 0.25) is 51.4 Å². The van der Waals surface area contributed by atoms with Crippen molar-refractivity contribution < 1.29 is 38.0 Å². The summed E-state index contributed by atoms with van der Waals surface area (Å²) in [7, 11) is -1.80. The first kappa shape index (κ1) is 76.5. The van der Waals surface area contributed by atoms with Gasteiger partial charge in [0.2, 0.25) is 0 Å². The topological polar surface area (TPSA) is 114 Å². The summed E-state index contributed by atoms with van der Waals surface area (Å²) in [6.45, 7) is 24.8. The Morgan fingerprint density at radius 3 is 0.957 bits per heavy atom. The van der Waals surface area contributed by atoms with Crippen molar-refractivity contribution in [3.05, 3.63) is 145 Å². The van der Waals surface area contributed by atoms with E-state index in [1.54, 1.807) is 60.7 Å². The van der Waals surface area contributed by atoms with Crippen molar-refractivity contribution in [2.75, 3.05) is 13.2 Å². The Morgan fingerprint density at radius 2 is 0.638 bits per heavy atom. The van der Waals surface area contributed by atoms with E-state index in [0.29, 0.717) is 35.8 Å². The lowest BCUT2D eigenvalue weighted by Gasteiger charge is -2.16. The molecule has 512 valence electrons. The number of carbonyl (C=O) groups is 2. The van der Waals surface area contributed by atoms with Gasteiger partial charge >= 0.3 is 11.9 Å². The van der Waals surface area contributed by atoms with Crippen LogP contribution in [0.15, 0.2) is 144 Å². The molecular formula is C82H118N2O8Si2. The molecule has 0 heterocycles. The van der Waals surface area contributed by atoms with Crippen LogP contribution < -0.4 is 28.4 Å². The second-order valence-corrected chi connectivity index (χ2v) is 39.9. The summed E-state index contributed by atoms with van der Waals surface area (Å²) in [5.74, 6) is 2.10. The highest BCUT2D eigenvalue weighted by atomic mass is 28.3. The van der Waals surface area contributed by atoms with Gasteiger partial charge in [0.25, 0.3) is 0 Å². The molecule has 0 spiro atoms. The van der Waals surface area contributed by atoms with Crippen molar-refractivity contribution in [2.24, 2.45) is 10.2 Å². The standard InChI is InChI=1S/C82H118N2O8Si2/c1-11-13-15-31-37-65(3)89-75-55-57-79(91-81(85)71-43-39-67(40-44-71)69-47-51-73(52-48-69)87-59-33-27-23-19-17-21-25-29-35-61-93(5,6)7)77(63-75)83-84-78-64-76(90-66(4)38-32-16-14-12-2)56-58-80(78)92-82(86)72-45-41-68(42-46-72)70-49-53-74(54-50-70)88-60-34-28-24-20-18-22-26-30-36-62-94(8,9)10/h39-58,63-66H,11-38,59-62H2,1-10H3/t65-,66-/m0/s1. The molecule has 94 heavy (non-hydrogen) atoms. The summed E-state index contributed by atoms with van der Waals surface area (Å²) in [5, 5.41) is 9.45. The van der Waals surface area contributed by atoms with Gasteiger partial charge in [0, 0.05) is 28.3 Å². The number of ether oxygens (including phenoxy) is 6. The van der Waals surface area contributed by atoms with Crippen LogP contribution in [-0.4, -0.2) is 53.5 Å². The minimum atomic E-state index is -0.899. The van der Waals surface area contributed by atoms with Gasteiger partial charge in [-0.1, -0.05) is 255 Å². The van der Waals surface area contributed by atoms with Gasteiger partial charge in [0.15, 0.2) is 11.5 Å². The smallest absolute Gasteiger partial charge is 0.343 e. The molecule has 0 fully saturated rings.